The van der Waals surface area contributed by atoms with E-state index in [0.29, 0.717) is 11.7 Å². The Morgan fingerprint density at radius 2 is 2.00 bits per heavy atom. The zero-order chi connectivity index (χ0) is 17.5. The maximum Gasteiger partial charge on any atom is 0.230 e. The fraction of sp³-hybridized carbons (Fsp3) is 0.375. The number of nitrogens with zero attached hydrogens (tertiary/aromatic N) is 9. The molecule has 26 heavy (non-hydrogen) atoms. The zero-order valence-electron chi connectivity index (χ0n) is 14.2. The van der Waals surface area contributed by atoms with Gasteiger partial charge in [-0.1, -0.05) is 5.16 Å². The maximum atomic E-state index is 5.49. The summed E-state index contributed by atoms with van der Waals surface area (Å²) in [6, 6.07) is 5.79. The number of aryl methyl sites for hydroxylation is 1. The van der Waals surface area contributed by atoms with Gasteiger partial charge in [-0.2, -0.15) is 14.6 Å². The molecule has 0 aliphatic carbocycles. The van der Waals surface area contributed by atoms with Crippen molar-refractivity contribution < 1.29 is 4.52 Å². The normalized spacial score (nSPS) is 15.8. The van der Waals surface area contributed by atoms with Crippen LogP contribution in [0.5, 0.6) is 0 Å². The van der Waals surface area contributed by atoms with E-state index in [1.165, 1.54) is 0 Å². The van der Waals surface area contributed by atoms with Crippen molar-refractivity contribution in [1.82, 2.24) is 39.7 Å². The van der Waals surface area contributed by atoms with Gasteiger partial charge in [-0.15, -0.1) is 15.3 Å². The van der Waals surface area contributed by atoms with Crippen LogP contribution in [0.1, 0.15) is 24.7 Å². The SMILES string of the molecule is Cn1ccc(-c2noc(C3CCN(c4ccc5nncn5n4)CC3)n2)n1. The Bertz CT molecular complexity index is 1040. The smallest absolute Gasteiger partial charge is 0.230 e. The van der Waals surface area contributed by atoms with E-state index in [9.17, 15) is 0 Å². The van der Waals surface area contributed by atoms with E-state index in [2.05, 4.69) is 35.4 Å². The summed E-state index contributed by atoms with van der Waals surface area (Å²) in [6.45, 7) is 1.76. The predicted octanol–water partition coefficient (Wildman–Crippen LogP) is 1.29. The van der Waals surface area contributed by atoms with E-state index >= 15 is 0 Å². The lowest BCUT2D eigenvalue weighted by Crippen LogP contribution is -2.33. The Hall–Kier alpha value is -3.30. The molecule has 132 valence electrons. The minimum Gasteiger partial charge on any atom is -0.355 e. The summed E-state index contributed by atoms with van der Waals surface area (Å²) in [5.41, 5.74) is 1.47. The first-order valence-electron chi connectivity index (χ1n) is 8.52. The first-order valence-corrected chi connectivity index (χ1v) is 8.52. The highest BCUT2D eigenvalue weighted by Crippen LogP contribution is 2.29. The molecule has 4 aromatic rings. The molecule has 4 aromatic heterocycles. The maximum absolute atomic E-state index is 5.49. The van der Waals surface area contributed by atoms with Gasteiger partial charge in [0.25, 0.3) is 0 Å². The van der Waals surface area contributed by atoms with Crippen molar-refractivity contribution >= 4 is 11.5 Å². The van der Waals surface area contributed by atoms with Crippen molar-refractivity contribution in [2.75, 3.05) is 18.0 Å². The fourth-order valence-electron chi connectivity index (χ4n) is 3.28. The van der Waals surface area contributed by atoms with Gasteiger partial charge in [0.15, 0.2) is 5.65 Å². The van der Waals surface area contributed by atoms with E-state index in [4.69, 9.17) is 4.52 Å². The zero-order valence-corrected chi connectivity index (χ0v) is 14.2. The molecular weight excluding hydrogens is 334 g/mol. The number of piperidine rings is 1. The average molecular weight is 351 g/mol. The molecule has 1 saturated heterocycles. The van der Waals surface area contributed by atoms with Crippen LogP contribution in [0.4, 0.5) is 5.82 Å². The Morgan fingerprint density at radius 3 is 2.81 bits per heavy atom. The second kappa shape index (κ2) is 5.90. The second-order valence-corrected chi connectivity index (χ2v) is 6.42. The van der Waals surface area contributed by atoms with Gasteiger partial charge in [0, 0.05) is 32.3 Å². The van der Waals surface area contributed by atoms with Crippen LogP contribution in [0.25, 0.3) is 17.2 Å². The average Bonchev–Trinajstić information content (AvgIpc) is 3.41. The minimum atomic E-state index is 0.259. The van der Waals surface area contributed by atoms with Gasteiger partial charge in [-0.3, -0.25) is 4.68 Å². The van der Waals surface area contributed by atoms with E-state index in [1.54, 1.807) is 15.5 Å². The summed E-state index contributed by atoms with van der Waals surface area (Å²) in [6.07, 6.45) is 5.35. The van der Waals surface area contributed by atoms with Gasteiger partial charge < -0.3 is 9.42 Å². The van der Waals surface area contributed by atoms with Crippen molar-refractivity contribution in [3.63, 3.8) is 0 Å². The molecule has 5 heterocycles. The molecule has 0 aromatic carbocycles. The predicted molar refractivity (Wildman–Crippen MR) is 91.5 cm³/mol. The molecule has 1 aliphatic heterocycles. The summed E-state index contributed by atoms with van der Waals surface area (Å²) in [7, 11) is 1.87. The van der Waals surface area contributed by atoms with Crippen molar-refractivity contribution in [1.29, 1.82) is 0 Å². The molecule has 0 bridgehead atoms. The summed E-state index contributed by atoms with van der Waals surface area (Å²) in [5, 5.41) is 20.8. The highest BCUT2D eigenvalue weighted by atomic mass is 16.5. The van der Waals surface area contributed by atoms with Crippen LogP contribution in [0.15, 0.2) is 35.2 Å². The van der Waals surface area contributed by atoms with Gasteiger partial charge in [-0.05, 0) is 31.0 Å². The lowest BCUT2D eigenvalue weighted by atomic mass is 9.97. The molecule has 1 fully saturated rings. The van der Waals surface area contributed by atoms with E-state index in [-0.39, 0.29) is 5.92 Å². The van der Waals surface area contributed by atoms with Crippen molar-refractivity contribution in [2.24, 2.45) is 7.05 Å². The van der Waals surface area contributed by atoms with Crippen molar-refractivity contribution in [2.45, 2.75) is 18.8 Å². The highest BCUT2D eigenvalue weighted by Gasteiger charge is 2.26. The van der Waals surface area contributed by atoms with Gasteiger partial charge in [0.1, 0.15) is 17.8 Å². The number of hydrogen-bond donors (Lipinski definition) is 0. The van der Waals surface area contributed by atoms with Crippen LogP contribution in [0.3, 0.4) is 0 Å². The van der Waals surface area contributed by atoms with Crippen molar-refractivity contribution in [3.05, 3.63) is 36.6 Å². The monoisotopic (exact) mass is 351 g/mol. The van der Waals surface area contributed by atoms with Crippen LogP contribution < -0.4 is 4.90 Å². The fourth-order valence-corrected chi connectivity index (χ4v) is 3.28. The molecule has 1 aliphatic rings. The molecule has 0 N–H and O–H groups in total. The third kappa shape index (κ3) is 2.59. The third-order valence-corrected chi connectivity index (χ3v) is 4.70. The largest absolute Gasteiger partial charge is 0.355 e. The standard InChI is InChI=1S/C16H17N9O/c1-23-7-6-12(20-23)15-18-16(26-22-15)11-4-8-24(9-5-11)14-3-2-13-19-17-10-25(13)21-14/h2-3,6-7,10-11H,4-5,8-9H2,1H3. The summed E-state index contributed by atoms with van der Waals surface area (Å²) in [4.78, 5) is 6.80. The lowest BCUT2D eigenvalue weighted by molar-refractivity contribution is 0.329. The van der Waals surface area contributed by atoms with Gasteiger partial charge in [0.2, 0.25) is 11.7 Å². The number of aromatic nitrogens is 8. The quantitative estimate of drug-likeness (QED) is 0.544. The van der Waals surface area contributed by atoms with E-state index < -0.39 is 0 Å². The Labute approximate surface area is 148 Å². The third-order valence-electron chi connectivity index (χ3n) is 4.70. The number of anilines is 1. The molecule has 5 rings (SSSR count). The molecule has 0 unspecified atom stereocenters. The topological polar surface area (TPSA) is 103 Å². The summed E-state index contributed by atoms with van der Waals surface area (Å²) >= 11 is 0. The first-order chi connectivity index (χ1) is 12.8. The Morgan fingerprint density at radius 1 is 1.12 bits per heavy atom. The van der Waals surface area contributed by atoms with Crippen LogP contribution >= 0.6 is 0 Å². The van der Waals surface area contributed by atoms with Crippen LogP contribution in [0, 0.1) is 0 Å². The summed E-state index contributed by atoms with van der Waals surface area (Å²) in [5.74, 6) is 2.42. The Kier molecular flexibility index (Phi) is 3.40. The number of hydrogen-bond acceptors (Lipinski definition) is 8. The first kappa shape index (κ1) is 15.0. The Balaban J connectivity index is 1.29. The molecule has 0 spiro atoms. The highest BCUT2D eigenvalue weighted by molar-refractivity contribution is 5.47. The van der Waals surface area contributed by atoms with Gasteiger partial charge in [-0.25, -0.2) is 0 Å². The number of rotatable bonds is 3. The molecule has 10 heteroatoms. The molecular formula is C16H17N9O. The van der Waals surface area contributed by atoms with Crippen molar-refractivity contribution in [3.8, 4) is 11.5 Å². The molecule has 0 amide bonds. The molecule has 0 radical (unpaired) electrons. The molecule has 0 atom stereocenters. The van der Waals surface area contributed by atoms with Crippen LogP contribution in [-0.2, 0) is 7.05 Å². The van der Waals surface area contributed by atoms with Gasteiger partial charge >= 0.3 is 0 Å². The second-order valence-electron chi connectivity index (χ2n) is 6.42. The van der Waals surface area contributed by atoms with Gasteiger partial charge in [0.05, 0.1) is 0 Å². The van der Waals surface area contributed by atoms with Crippen LogP contribution in [0.2, 0.25) is 0 Å². The lowest BCUT2D eigenvalue weighted by Gasteiger charge is -2.31. The number of fused-ring (bicyclic) bond motifs is 1. The summed E-state index contributed by atoms with van der Waals surface area (Å²) < 4.78 is 8.91. The minimum absolute atomic E-state index is 0.259. The van der Waals surface area contributed by atoms with E-state index in [0.717, 1.165) is 43.1 Å². The molecule has 0 saturated carbocycles. The molecule has 10 nitrogen and oxygen atoms in total. The van der Waals surface area contributed by atoms with E-state index in [1.807, 2.05) is 31.4 Å². The van der Waals surface area contributed by atoms with Crippen LogP contribution in [-0.4, -0.2) is 52.8 Å².